The van der Waals surface area contributed by atoms with Crippen LogP contribution in [0.5, 0.6) is 0 Å². The summed E-state index contributed by atoms with van der Waals surface area (Å²) in [5, 5.41) is 2.98. The standard InChI is InChI=1S/C12H19N3O/c1-4-10(8(2)3)15-12(16)9-5-6-11(13)14-7-9/h5-8,10H,4H2,1-3H3,(H2,13,14)(H,15,16). The zero-order chi connectivity index (χ0) is 12.1. The molecule has 0 spiro atoms. The minimum absolute atomic E-state index is 0.0898. The summed E-state index contributed by atoms with van der Waals surface area (Å²) in [7, 11) is 0. The predicted molar refractivity (Wildman–Crippen MR) is 65.0 cm³/mol. The molecule has 1 amide bonds. The Balaban J connectivity index is 2.68. The highest BCUT2D eigenvalue weighted by molar-refractivity contribution is 5.94. The maximum Gasteiger partial charge on any atom is 0.253 e. The molecule has 16 heavy (non-hydrogen) atoms. The van der Waals surface area contributed by atoms with E-state index in [0.717, 1.165) is 6.42 Å². The Bertz CT molecular complexity index is 346. The van der Waals surface area contributed by atoms with E-state index in [2.05, 4.69) is 31.1 Å². The molecular formula is C12H19N3O. The number of carbonyl (C=O) groups is 1. The average Bonchev–Trinajstić information content (AvgIpc) is 2.26. The fourth-order valence-corrected chi connectivity index (χ4v) is 1.53. The minimum Gasteiger partial charge on any atom is -0.384 e. The first kappa shape index (κ1) is 12.5. The first-order valence-electron chi connectivity index (χ1n) is 5.57. The van der Waals surface area contributed by atoms with Crippen LogP contribution >= 0.6 is 0 Å². The molecule has 1 atom stereocenters. The Morgan fingerprint density at radius 3 is 2.62 bits per heavy atom. The smallest absolute Gasteiger partial charge is 0.253 e. The van der Waals surface area contributed by atoms with E-state index in [1.54, 1.807) is 12.1 Å². The molecule has 0 saturated heterocycles. The van der Waals surface area contributed by atoms with Gasteiger partial charge in [-0.2, -0.15) is 0 Å². The number of nitrogen functional groups attached to an aromatic ring is 1. The van der Waals surface area contributed by atoms with Gasteiger partial charge in [-0.15, -0.1) is 0 Å². The van der Waals surface area contributed by atoms with Crippen molar-refractivity contribution in [2.75, 3.05) is 5.73 Å². The van der Waals surface area contributed by atoms with E-state index < -0.39 is 0 Å². The molecule has 88 valence electrons. The lowest BCUT2D eigenvalue weighted by atomic mass is 10.0. The fourth-order valence-electron chi connectivity index (χ4n) is 1.53. The van der Waals surface area contributed by atoms with Crippen LogP contribution in [0.15, 0.2) is 18.3 Å². The Labute approximate surface area is 96.3 Å². The van der Waals surface area contributed by atoms with Crippen molar-refractivity contribution >= 4 is 11.7 Å². The summed E-state index contributed by atoms with van der Waals surface area (Å²) < 4.78 is 0. The monoisotopic (exact) mass is 221 g/mol. The van der Waals surface area contributed by atoms with Gasteiger partial charge in [0.1, 0.15) is 5.82 Å². The topological polar surface area (TPSA) is 68.0 Å². The van der Waals surface area contributed by atoms with Gasteiger partial charge in [-0.25, -0.2) is 4.98 Å². The molecule has 0 aromatic carbocycles. The predicted octanol–water partition coefficient (Wildman–Crippen LogP) is 1.83. The Morgan fingerprint density at radius 2 is 2.19 bits per heavy atom. The summed E-state index contributed by atoms with van der Waals surface area (Å²) in [6, 6.07) is 3.51. The number of carbonyl (C=O) groups excluding carboxylic acids is 1. The third-order valence-electron chi connectivity index (χ3n) is 2.61. The molecular weight excluding hydrogens is 202 g/mol. The highest BCUT2D eigenvalue weighted by Gasteiger charge is 2.15. The van der Waals surface area contributed by atoms with E-state index in [9.17, 15) is 4.79 Å². The van der Waals surface area contributed by atoms with Crippen molar-refractivity contribution in [2.45, 2.75) is 33.2 Å². The minimum atomic E-state index is -0.0898. The number of rotatable bonds is 4. The first-order chi connectivity index (χ1) is 7.54. The second-order valence-electron chi connectivity index (χ2n) is 4.20. The number of aromatic nitrogens is 1. The number of pyridine rings is 1. The molecule has 1 aromatic rings. The van der Waals surface area contributed by atoms with Crippen LogP contribution in [0, 0.1) is 5.92 Å². The van der Waals surface area contributed by atoms with Crippen LogP contribution in [0.1, 0.15) is 37.6 Å². The van der Waals surface area contributed by atoms with Crippen LogP contribution in [0.2, 0.25) is 0 Å². The SMILES string of the molecule is CCC(NC(=O)c1ccc(N)nc1)C(C)C. The van der Waals surface area contributed by atoms with Gasteiger partial charge in [0.05, 0.1) is 5.56 Å². The summed E-state index contributed by atoms with van der Waals surface area (Å²) in [6.45, 7) is 6.25. The molecule has 3 N–H and O–H groups in total. The number of nitrogens with two attached hydrogens (primary N) is 1. The molecule has 0 aliphatic heterocycles. The molecule has 4 nitrogen and oxygen atoms in total. The van der Waals surface area contributed by atoms with E-state index in [1.807, 2.05) is 0 Å². The van der Waals surface area contributed by atoms with Crippen molar-refractivity contribution in [3.8, 4) is 0 Å². The van der Waals surface area contributed by atoms with E-state index in [0.29, 0.717) is 17.3 Å². The van der Waals surface area contributed by atoms with Gasteiger partial charge in [-0.05, 0) is 24.5 Å². The van der Waals surface area contributed by atoms with Crippen LogP contribution in [0.25, 0.3) is 0 Å². The molecule has 0 aliphatic carbocycles. The lowest BCUT2D eigenvalue weighted by Gasteiger charge is -2.20. The van der Waals surface area contributed by atoms with Gasteiger partial charge in [0.15, 0.2) is 0 Å². The molecule has 0 radical (unpaired) electrons. The first-order valence-corrected chi connectivity index (χ1v) is 5.57. The molecule has 0 aliphatic rings. The van der Waals surface area contributed by atoms with Gasteiger partial charge in [0.2, 0.25) is 0 Å². The van der Waals surface area contributed by atoms with Gasteiger partial charge >= 0.3 is 0 Å². The van der Waals surface area contributed by atoms with Crippen molar-refractivity contribution in [3.63, 3.8) is 0 Å². The summed E-state index contributed by atoms with van der Waals surface area (Å²) >= 11 is 0. The third-order valence-corrected chi connectivity index (χ3v) is 2.61. The molecule has 0 saturated carbocycles. The van der Waals surface area contributed by atoms with Crippen LogP contribution in [0.3, 0.4) is 0 Å². The molecule has 4 heteroatoms. The van der Waals surface area contributed by atoms with Crippen LogP contribution < -0.4 is 11.1 Å². The second-order valence-corrected chi connectivity index (χ2v) is 4.20. The van der Waals surface area contributed by atoms with E-state index in [-0.39, 0.29) is 11.9 Å². The summed E-state index contributed by atoms with van der Waals surface area (Å²) in [5.41, 5.74) is 6.01. The Hall–Kier alpha value is -1.58. The van der Waals surface area contributed by atoms with E-state index >= 15 is 0 Å². The number of hydrogen-bond acceptors (Lipinski definition) is 3. The number of nitrogens with zero attached hydrogens (tertiary/aromatic N) is 1. The Kier molecular flexibility index (Phi) is 4.28. The van der Waals surface area contributed by atoms with Gasteiger partial charge in [0.25, 0.3) is 5.91 Å². The number of amides is 1. The zero-order valence-corrected chi connectivity index (χ0v) is 10.0. The van der Waals surface area contributed by atoms with Crippen LogP contribution in [0.4, 0.5) is 5.82 Å². The van der Waals surface area contributed by atoms with Crippen molar-refractivity contribution in [3.05, 3.63) is 23.9 Å². The maximum absolute atomic E-state index is 11.8. The van der Waals surface area contributed by atoms with Crippen molar-refractivity contribution in [2.24, 2.45) is 5.92 Å². The summed E-state index contributed by atoms with van der Waals surface area (Å²) in [6.07, 6.45) is 2.42. The van der Waals surface area contributed by atoms with Crippen LogP contribution in [-0.2, 0) is 0 Å². The van der Waals surface area contributed by atoms with Gasteiger partial charge in [-0.3, -0.25) is 4.79 Å². The third kappa shape index (κ3) is 3.22. The highest BCUT2D eigenvalue weighted by atomic mass is 16.1. The lowest BCUT2D eigenvalue weighted by Crippen LogP contribution is -2.38. The quantitative estimate of drug-likeness (QED) is 0.815. The Morgan fingerprint density at radius 1 is 1.50 bits per heavy atom. The normalized spacial score (nSPS) is 12.5. The molecule has 1 unspecified atom stereocenters. The zero-order valence-electron chi connectivity index (χ0n) is 10.0. The number of nitrogens with one attached hydrogen (secondary N) is 1. The molecule has 1 heterocycles. The lowest BCUT2D eigenvalue weighted by molar-refractivity contribution is 0.0924. The molecule has 0 bridgehead atoms. The van der Waals surface area contributed by atoms with Crippen molar-refractivity contribution in [1.82, 2.24) is 10.3 Å². The molecule has 1 aromatic heterocycles. The summed E-state index contributed by atoms with van der Waals surface area (Å²) in [4.78, 5) is 15.7. The number of hydrogen-bond donors (Lipinski definition) is 2. The maximum atomic E-state index is 11.8. The number of anilines is 1. The van der Waals surface area contributed by atoms with Gasteiger partial charge in [-0.1, -0.05) is 20.8 Å². The molecule has 0 fully saturated rings. The van der Waals surface area contributed by atoms with E-state index in [4.69, 9.17) is 5.73 Å². The summed E-state index contributed by atoms with van der Waals surface area (Å²) in [5.74, 6) is 0.760. The molecule has 1 rings (SSSR count). The average molecular weight is 221 g/mol. The van der Waals surface area contributed by atoms with Crippen molar-refractivity contribution in [1.29, 1.82) is 0 Å². The highest BCUT2D eigenvalue weighted by Crippen LogP contribution is 2.07. The second kappa shape index (κ2) is 5.49. The van der Waals surface area contributed by atoms with Crippen molar-refractivity contribution < 1.29 is 4.79 Å². The fraction of sp³-hybridized carbons (Fsp3) is 0.500. The van der Waals surface area contributed by atoms with Crippen LogP contribution in [-0.4, -0.2) is 16.9 Å². The van der Waals surface area contributed by atoms with E-state index in [1.165, 1.54) is 6.20 Å². The van der Waals surface area contributed by atoms with Gasteiger partial charge in [0, 0.05) is 12.2 Å². The van der Waals surface area contributed by atoms with Gasteiger partial charge < -0.3 is 11.1 Å². The largest absolute Gasteiger partial charge is 0.384 e.